The van der Waals surface area contributed by atoms with Gasteiger partial charge in [0.25, 0.3) is 0 Å². The van der Waals surface area contributed by atoms with Crippen molar-refractivity contribution in [3.63, 3.8) is 0 Å². The minimum atomic E-state index is -0.319. The Morgan fingerprint density at radius 1 is 1.43 bits per heavy atom. The summed E-state index contributed by atoms with van der Waals surface area (Å²) in [4.78, 5) is 1.21. The van der Waals surface area contributed by atoms with Crippen molar-refractivity contribution in [2.24, 2.45) is 0 Å². The summed E-state index contributed by atoms with van der Waals surface area (Å²) in [7, 11) is 0. The number of rotatable bonds is 2. The van der Waals surface area contributed by atoms with E-state index in [2.05, 4.69) is 25.1 Å². The van der Waals surface area contributed by atoms with Crippen LogP contribution in [0.1, 0.15) is 5.56 Å². The van der Waals surface area contributed by atoms with Crippen LogP contribution in [0.25, 0.3) is 0 Å². The van der Waals surface area contributed by atoms with Crippen molar-refractivity contribution in [1.82, 2.24) is 0 Å². The first-order valence-electron chi connectivity index (χ1n) is 4.75. The van der Waals surface area contributed by atoms with Gasteiger partial charge in [0, 0.05) is 4.90 Å². The lowest BCUT2D eigenvalue weighted by atomic mass is 10.2. The Kier molecular flexibility index (Phi) is 3.11. The standard InChI is InChI=1S/C11H14O2S/c1-8-3-2-4-9(5-8)14-11-7-13-6-10(11)12/h2-5,10-12H,6-7H2,1H3. The molecule has 1 aromatic rings. The first kappa shape index (κ1) is 10.0. The Labute approximate surface area is 88.3 Å². The van der Waals surface area contributed by atoms with Crippen LogP contribution in [0.4, 0.5) is 0 Å². The summed E-state index contributed by atoms with van der Waals surface area (Å²) < 4.78 is 5.20. The molecule has 1 aliphatic heterocycles. The highest BCUT2D eigenvalue weighted by Crippen LogP contribution is 2.29. The van der Waals surface area contributed by atoms with Crippen LogP contribution in [0.3, 0.4) is 0 Å². The van der Waals surface area contributed by atoms with Gasteiger partial charge in [-0.05, 0) is 19.1 Å². The average Bonchev–Trinajstić information content (AvgIpc) is 2.52. The van der Waals surface area contributed by atoms with E-state index in [1.54, 1.807) is 11.8 Å². The van der Waals surface area contributed by atoms with Crippen LogP contribution < -0.4 is 0 Å². The first-order valence-corrected chi connectivity index (χ1v) is 5.63. The fourth-order valence-corrected chi connectivity index (χ4v) is 2.66. The number of aliphatic hydroxyl groups is 1. The van der Waals surface area contributed by atoms with Crippen LogP contribution in [0.5, 0.6) is 0 Å². The van der Waals surface area contributed by atoms with Gasteiger partial charge in [0.05, 0.1) is 24.6 Å². The minimum absolute atomic E-state index is 0.191. The molecule has 2 rings (SSSR count). The van der Waals surface area contributed by atoms with Gasteiger partial charge in [-0.15, -0.1) is 11.8 Å². The van der Waals surface area contributed by atoms with Crippen molar-refractivity contribution in [2.75, 3.05) is 13.2 Å². The number of hydrogen-bond acceptors (Lipinski definition) is 3. The molecule has 1 aromatic carbocycles. The Balaban J connectivity index is 2.03. The van der Waals surface area contributed by atoms with Gasteiger partial charge in [0.2, 0.25) is 0 Å². The zero-order valence-electron chi connectivity index (χ0n) is 8.14. The van der Waals surface area contributed by atoms with Gasteiger partial charge in [-0.1, -0.05) is 17.7 Å². The molecule has 0 aliphatic carbocycles. The summed E-state index contributed by atoms with van der Waals surface area (Å²) in [6.45, 7) is 3.20. The summed E-state index contributed by atoms with van der Waals surface area (Å²) in [5.74, 6) is 0. The van der Waals surface area contributed by atoms with E-state index in [-0.39, 0.29) is 11.4 Å². The van der Waals surface area contributed by atoms with Crippen LogP contribution in [-0.4, -0.2) is 29.7 Å². The topological polar surface area (TPSA) is 29.5 Å². The molecule has 0 spiro atoms. The maximum absolute atomic E-state index is 9.57. The SMILES string of the molecule is Cc1cccc(SC2COCC2O)c1. The van der Waals surface area contributed by atoms with Crippen LogP contribution in [0.2, 0.25) is 0 Å². The monoisotopic (exact) mass is 210 g/mol. The molecule has 0 radical (unpaired) electrons. The summed E-state index contributed by atoms with van der Waals surface area (Å²) >= 11 is 1.70. The smallest absolute Gasteiger partial charge is 0.0917 e. The highest BCUT2D eigenvalue weighted by atomic mass is 32.2. The average molecular weight is 210 g/mol. The Hall–Kier alpha value is -0.510. The summed E-state index contributed by atoms with van der Waals surface area (Å²) in [5.41, 5.74) is 1.25. The molecule has 1 saturated heterocycles. The molecule has 2 unspecified atom stereocenters. The van der Waals surface area contributed by atoms with Crippen molar-refractivity contribution in [3.05, 3.63) is 29.8 Å². The lowest BCUT2D eigenvalue weighted by molar-refractivity contribution is 0.127. The molecule has 76 valence electrons. The third kappa shape index (κ3) is 2.29. The van der Waals surface area contributed by atoms with Crippen molar-refractivity contribution in [3.8, 4) is 0 Å². The molecular weight excluding hydrogens is 196 g/mol. The first-order chi connectivity index (χ1) is 6.75. The molecule has 1 aliphatic rings. The number of ether oxygens (including phenoxy) is 1. The van der Waals surface area contributed by atoms with Crippen LogP contribution in [0, 0.1) is 6.92 Å². The molecule has 0 amide bonds. The second kappa shape index (κ2) is 4.34. The number of aliphatic hydroxyl groups excluding tert-OH is 1. The molecule has 1 N–H and O–H groups in total. The Bertz CT molecular complexity index is 314. The largest absolute Gasteiger partial charge is 0.389 e. The quantitative estimate of drug-likeness (QED) is 0.807. The maximum Gasteiger partial charge on any atom is 0.0917 e. The van der Waals surface area contributed by atoms with E-state index >= 15 is 0 Å². The molecule has 3 heteroatoms. The van der Waals surface area contributed by atoms with Crippen LogP contribution in [0.15, 0.2) is 29.2 Å². The molecule has 1 heterocycles. The van der Waals surface area contributed by atoms with Gasteiger partial charge in [-0.25, -0.2) is 0 Å². The second-order valence-corrected chi connectivity index (χ2v) is 4.89. The fraction of sp³-hybridized carbons (Fsp3) is 0.455. The third-order valence-electron chi connectivity index (χ3n) is 2.28. The summed E-state index contributed by atoms with van der Waals surface area (Å²) in [5, 5.41) is 9.77. The van der Waals surface area contributed by atoms with Gasteiger partial charge >= 0.3 is 0 Å². The normalized spacial score (nSPS) is 26.7. The van der Waals surface area contributed by atoms with Crippen molar-refractivity contribution < 1.29 is 9.84 Å². The van der Waals surface area contributed by atoms with Crippen molar-refractivity contribution >= 4 is 11.8 Å². The van der Waals surface area contributed by atoms with Gasteiger partial charge in [-0.3, -0.25) is 0 Å². The van der Waals surface area contributed by atoms with E-state index in [4.69, 9.17) is 4.74 Å². The van der Waals surface area contributed by atoms with E-state index in [9.17, 15) is 5.11 Å². The van der Waals surface area contributed by atoms with Crippen molar-refractivity contribution in [2.45, 2.75) is 23.2 Å². The van der Waals surface area contributed by atoms with E-state index in [0.29, 0.717) is 13.2 Å². The zero-order valence-corrected chi connectivity index (χ0v) is 8.96. The molecule has 14 heavy (non-hydrogen) atoms. The Morgan fingerprint density at radius 3 is 2.93 bits per heavy atom. The molecule has 2 atom stereocenters. The molecular formula is C11H14O2S. The van der Waals surface area contributed by atoms with Gasteiger partial charge in [-0.2, -0.15) is 0 Å². The predicted molar refractivity (Wildman–Crippen MR) is 57.6 cm³/mol. The number of aryl methyl sites for hydroxylation is 1. The molecule has 1 fully saturated rings. The number of benzene rings is 1. The summed E-state index contributed by atoms with van der Waals surface area (Å²) in [6, 6.07) is 8.32. The van der Waals surface area contributed by atoms with E-state index in [1.165, 1.54) is 10.5 Å². The highest BCUT2D eigenvalue weighted by molar-refractivity contribution is 8.00. The lowest BCUT2D eigenvalue weighted by Crippen LogP contribution is -2.19. The van der Waals surface area contributed by atoms with Gasteiger partial charge in [0.1, 0.15) is 0 Å². The fourth-order valence-electron chi connectivity index (χ4n) is 1.50. The molecule has 0 aromatic heterocycles. The zero-order chi connectivity index (χ0) is 9.97. The van der Waals surface area contributed by atoms with Gasteiger partial charge in [0.15, 0.2) is 0 Å². The molecule has 2 nitrogen and oxygen atoms in total. The van der Waals surface area contributed by atoms with E-state index in [1.807, 2.05) is 6.07 Å². The molecule has 0 bridgehead atoms. The number of hydrogen-bond donors (Lipinski definition) is 1. The predicted octanol–water partition coefficient (Wildman–Crippen LogP) is 1.85. The lowest BCUT2D eigenvalue weighted by Gasteiger charge is -2.11. The third-order valence-corrected chi connectivity index (χ3v) is 3.56. The van der Waals surface area contributed by atoms with Crippen LogP contribution in [-0.2, 0) is 4.74 Å². The minimum Gasteiger partial charge on any atom is -0.389 e. The Morgan fingerprint density at radius 2 is 2.29 bits per heavy atom. The number of thioether (sulfide) groups is 1. The van der Waals surface area contributed by atoms with E-state index < -0.39 is 0 Å². The van der Waals surface area contributed by atoms with E-state index in [0.717, 1.165) is 0 Å². The van der Waals surface area contributed by atoms with Crippen LogP contribution >= 0.6 is 11.8 Å². The summed E-state index contributed by atoms with van der Waals surface area (Å²) in [6.07, 6.45) is -0.319. The van der Waals surface area contributed by atoms with Crippen molar-refractivity contribution in [1.29, 1.82) is 0 Å². The van der Waals surface area contributed by atoms with Gasteiger partial charge < -0.3 is 9.84 Å². The highest BCUT2D eigenvalue weighted by Gasteiger charge is 2.26. The molecule has 0 saturated carbocycles. The second-order valence-electron chi connectivity index (χ2n) is 3.58. The maximum atomic E-state index is 9.57.